The van der Waals surface area contributed by atoms with Crippen LogP contribution in [0.25, 0.3) is 0 Å². The highest BCUT2D eigenvalue weighted by molar-refractivity contribution is 5.80. The molecule has 3 rings (SSSR count). The number of hydrogen-bond donors (Lipinski definition) is 1. The molecule has 2 aromatic rings. The summed E-state index contributed by atoms with van der Waals surface area (Å²) >= 11 is 0. The number of benzene rings is 1. The van der Waals surface area contributed by atoms with E-state index in [2.05, 4.69) is 53.3 Å². The maximum Gasteiger partial charge on any atom is 0.217 e. The maximum atomic E-state index is 5.95. The van der Waals surface area contributed by atoms with E-state index in [9.17, 15) is 0 Å². The molecule has 0 unspecified atom stereocenters. The summed E-state index contributed by atoms with van der Waals surface area (Å²) in [5.74, 6) is 1.22. The minimum atomic E-state index is -0.184. The van der Waals surface area contributed by atoms with Gasteiger partial charge in [-0.05, 0) is 25.3 Å². The zero-order valence-electron chi connectivity index (χ0n) is 20.8. The molecule has 0 aliphatic carbocycles. The van der Waals surface area contributed by atoms with Gasteiger partial charge in [0, 0.05) is 37.3 Å². The minimum Gasteiger partial charge on any atom is -0.477 e. The van der Waals surface area contributed by atoms with Crippen LogP contribution < -0.4 is 15.1 Å². The van der Waals surface area contributed by atoms with Crippen LogP contribution in [0.2, 0.25) is 0 Å². The number of rotatable bonds is 12. The fourth-order valence-electron chi connectivity index (χ4n) is 3.47. The first-order valence-electron chi connectivity index (χ1n) is 12.2. The second-order valence-electron chi connectivity index (χ2n) is 7.63. The van der Waals surface area contributed by atoms with E-state index in [0.717, 1.165) is 37.2 Å². The molecule has 182 valence electrons. The van der Waals surface area contributed by atoms with Crippen LogP contribution in [0.15, 0.2) is 41.5 Å². The van der Waals surface area contributed by atoms with Gasteiger partial charge in [-0.25, -0.2) is 0 Å². The molecule has 0 spiro atoms. The van der Waals surface area contributed by atoms with Gasteiger partial charge in [0.05, 0.1) is 26.0 Å². The van der Waals surface area contributed by atoms with Crippen molar-refractivity contribution in [3.05, 3.63) is 47.5 Å². The van der Waals surface area contributed by atoms with E-state index >= 15 is 0 Å². The Kier molecular flexibility index (Phi) is 12.3. The normalized spacial score (nSPS) is 13.6. The van der Waals surface area contributed by atoms with Gasteiger partial charge in [0.2, 0.25) is 5.88 Å². The zero-order chi connectivity index (χ0) is 23.9. The van der Waals surface area contributed by atoms with Crippen molar-refractivity contribution >= 4 is 17.7 Å². The Labute approximate surface area is 199 Å². The highest BCUT2D eigenvalue weighted by Gasteiger charge is 2.16. The van der Waals surface area contributed by atoms with Crippen LogP contribution in [0, 0.1) is 6.92 Å². The van der Waals surface area contributed by atoms with E-state index in [0.29, 0.717) is 37.9 Å². The molecule has 0 bridgehead atoms. The Hall–Kier alpha value is -2.64. The van der Waals surface area contributed by atoms with Gasteiger partial charge in [0.1, 0.15) is 0 Å². The number of aromatic nitrogens is 1. The summed E-state index contributed by atoms with van der Waals surface area (Å²) in [6, 6.07) is 12.2. The lowest BCUT2D eigenvalue weighted by molar-refractivity contribution is -0.0533. The molecule has 1 N–H and O–H groups in total. The third-order valence-corrected chi connectivity index (χ3v) is 4.87. The molecule has 33 heavy (non-hydrogen) atoms. The molecular formula is C26H40N4O3. The van der Waals surface area contributed by atoms with Crippen LogP contribution in [0.4, 0.5) is 11.5 Å². The smallest absolute Gasteiger partial charge is 0.217 e. The van der Waals surface area contributed by atoms with Crippen molar-refractivity contribution in [3.8, 4) is 5.88 Å². The van der Waals surface area contributed by atoms with Gasteiger partial charge in [-0.2, -0.15) is 10.1 Å². The second kappa shape index (κ2) is 15.2. The van der Waals surface area contributed by atoms with Gasteiger partial charge >= 0.3 is 0 Å². The number of nitrogens with one attached hydrogen (secondary N) is 1. The number of ether oxygens (including phenoxy) is 3. The lowest BCUT2D eigenvalue weighted by atomic mass is 10.2. The quantitative estimate of drug-likeness (QED) is 0.330. The molecule has 2 heterocycles. The van der Waals surface area contributed by atoms with E-state index in [1.807, 2.05) is 38.1 Å². The van der Waals surface area contributed by atoms with Crippen LogP contribution in [0.1, 0.15) is 58.1 Å². The first-order chi connectivity index (χ1) is 16.2. The number of hydrazone groups is 1. The fraction of sp³-hybridized carbons (Fsp3) is 0.538. The summed E-state index contributed by atoms with van der Waals surface area (Å²) in [7, 11) is 0. The van der Waals surface area contributed by atoms with E-state index in [1.165, 1.54) is 5.56 Å². The summed E-state index contributed by atoms with van der Waals surface area (Å²) in [6.07, 6.45) is 4.43. The highest BCUT2D eigenvalue weighted by Crippen LogP contribution is 2.25. The highest BCUT2D eigenvalue weighted by atomic mass is 16.7. The van der Waals surface area contributed by atoms with Crippen molar-refractivity contribution in [1.29, 1.82) is 0 Å². The molecule has 1 aliphatic heterocycles. The molecule has 0 radical (unpaired) electrons. The number of pyridine rings is 1. The fourth-order valence-corrected chi connectivity index (χ4v) is 3.47. The lowest BCUT2D eigenvalue weighted by Gasteiger charge is -2.24. The predicted molar refractivity (Wildman–Crippen MR) is 137 cm³/mol. The van der Waals surface area contributed by atoms with Crippen molar-refractivity contribution in [3.63, 3.8) is 0 Å². The Bertz CT molecular complexity index is 832. The Morgan fingerprint density at radius 2 is 1.85 bits per heavy atom. The van der Waals surface area contributed by atoms with Gasteiger partial charge < -0.3 is 19.1 Å². The summed E-state index contributed by atoms with van der Waals surface area (Å²) in [6.45, 7) is 14.2. The minimum absolute atomic E-state index is 0.184. The predicted octanol–water partition coefficient (Wildman–Crippen LogP) is 5.63. The largest absolute Gasteiger partial charge is 0.477 e. The Balaban J connectivity index is 0.00000187. The molecule has 1 aliphatic rings. The molecular weight excluding hydrogens is 416 g/mol. The average molecular weight is 457 g/mol. The molecule has 7 heteroatoms. The van der Waals surface area contributed by atoms with E-state index in [1.54, 1.807) is 6.21 Å². The molecule has 7 nitrogen and oxygen atoms in total. The second-order valence-corrected chi connectivity index (χ2v) is 7.63. The number of aryl methyl sites for hydroxylation is 1. The first-order valence-corrected chi connectivity index (χ1v) is 12.2. The van der Waals surface area contributed by atoms with Gasteiger partial charge in [-0.15, -0.1) is 0 Å². The van der Waals surface area contributed by atoms with E-state index in [4.69, 9.17) is 14.2 Å². The van der Waals surface area contributed by atoms with Crippen LogP contribution in [0.5, 0.6) is 5.88 Å². The molecule has 1 aromatic carbocycles. The van der Waals surface area contributed by atoms with Crippen LogP contribution in [-0.2, 0) is 9.47 Å². The summed E-state index contributed by atoms with van der Waals surface area (Å²) in [4.78, 5) is 6.95. The van der Waals surface area contributed by atoms with Gasteiger partial charge in [0.25, 0.3) is 0 Å². The lowest BCUT2D eigenvalue weighted by Crippen LogP contribution is -2.25. The molecule has 1 aromatic heterocycles. The van der Waals surface area contributed by atoms with Crippen molar-refractivity contribution < 1.29 is 14.2 Å². The Morgan fingerprint density at radius 3 is 2.52 bits per heavy atom. The summed E-state index contributed by atoms with van der Waals surface area (Å²) in [5, 5.41) is 4.38. The molecule has 1 fully saturated rings. The SMILES string of the molecule is CC.CCCN(CCC)c1cc(N/N=C/c2cccc(C)c2)nc(OCCC2OCCO2)c1. The topological polar surface area (TPSA) is 68.2 Å². The third kappa shape index (κ3) is 9.40. The Morgan fingerprint density at radius 1 is 1.12 bits per heavy atom. The standard InChI is InChI=1S/C24H34N4O3.C2H6/c1-4-10-28(11-5-2)21-16-22(27-25-18-20-8-6-7-19(3)15-20)26-23(17-21)29-12-9-24-30-13-14-31-24;1-2/h6-8,15-18,24H,4-5,9-14H2,1-3H3,(H,26,27);1-2H3/b25-18+;. The van der Waals surface area contributed by atoms with Crippen molar-refractivity contribution in [2.24, 2.45) is 5.10 Å². The van der Waals surface area contributed by atoms with Crippen LogP contribution in [-0.4, -0.2) is 50.4 Å². The zero-order valence-corrected chi connectivity index (χ0v) is 20.8. The summed E-state index contributed by atoms with van der Waals surface area (Å²) in [5.41, 5.74) is 6.38. The monoisotopic (exact) mass is 456 g/mol. The van der Waals surface area contributed by atoms with Crippen molar-refractivity contribution in [2.45, 2.75) is 60.2 Å². The maximum absolute atomic E-state index is 5.95. The summed E-state index contributed by atoms with van der Waals surface area (Å²) < 4.78 is 16.9. The van der Waals surface area contributed by atoms with Crippen LogP contribution >= 0.6 is 0 Å². The number of hydrogen-bond acceptors (Lipinski definition) is 7. The van der Waals surface area contributed by atoms with Crippen molar-refractivity contribution in [1.82, 2.24) is 4.98 Å². The third-order valence-electron chi connectivity index (χ3n) is 4.87. The van der Waals surface area contributed by atoms with Gasteiger partial charge in [-0.3, -0.25) is 5.43 Å². The van der Waals surface area contributed by atoms with Gasteiger partial charge in [0.15, 0.2) is 12.1 Å². The first kappa shape index (κ1) is 26.6. The van der Waals surface area contributed by atoms with Crippen LogP contribution in [0.3, 0.4) is 0 Å². The molecule has 0 atom stereocenters. The van der Waals surface area contributed by atoms with E-state index < -0.39 is 0 Å². The van der Waals surface area contributed by atoms with Crippen molar-refractivity contribution in [2.75, 3.05) is 43.2 Å². The molecule has 0 saturated carbocycles. The number of nitrogens with zero attached hydrogens (tertiary/aromatic N) is 3. The number of anilines is 2. The molecule has 1 saturated heterocycles. The van der Waals surface area contributed by atoms with E-state index in [-0.39, 0.29) is 6.29 Å². The average Bonchev–Trinajstić information content (AvgIpc) is 3.34. The van der Waals surface area contributed by atoms with Gasteiger partial charge in [-0.1, -0.05) is 57.5 Å². The molecule has 0 amide bonds.